The second-order valence-corrected chi connectivity index (χ2v) is 5.97. The molecule has 0 radical (unpaired) electrons. The van der Waals surface area contributed by atoms with Crippen LogP contribution in [-0.2, 0) is 16.1 Å². The van der Waals surface area contributed by atoms with Crippen LogP contribution in [0.1, 0.15) is 32.3 Å². The zero-order valence-electron chi connectivity index (χ0n) is 13.0. The molecule has 2 rings (SSSR count). The minimum Gasteiger partial charge on any atom is -0.484 e. The van der Waals surface area contributed by atoms with Crippen molar-refractivity contribution >= 4 is 11.7 Å². The number of fused-ring (bicyclic) bond motifs is 1. The topological polar surface area (TPSA) is 64.8 Å². The number of esters is 1. The molecular weight excluding hydrogens is 268 g/mol. The van der Waals surface area contributed by atoms with E-state index in [4.69, 9.17) is 10.5 Å². The van der Waals surface area contributed by atoms with Crippen LogP contribution in [0.25, 0.3) is 0 Å². The van der Waals surface area contributed by atoms with Crippen molar-refractivity contribution < 1.29 is 14.3 Å². The summed E-state index contributed by atoms with van der Waals surface area (Å²) in [6.07, 6.45) is 1.20. The van der Waals surface area contributed by atoms with Crippen molar-refractivity contribution in [1.82, 2.24) is 0 Å². The predicted octanol–water partition coefficient (Wildman–Crippen LogP) is 2.08. The molecule has 0 aliphatic carbocycles. The second kappa shape index (κ2) is 6.35. The Morgan fingerprint density at radius 2 is 2.24 bits per heavy atom. The van der Waals surface area contributed by atoms with Crippen molar-refractivity contribution in [1.29, 1.82) is 0 Å². The summed E-state index contributed by atoms with van der Waals surface area (Å²) in [6.45, 7) is 6.23. The fraction of sp³-hybridized carbons (Fsp3) is 0.562. The van der Waals surface area contributed by atoms with Crippen LogP contribution in [0.2, 0.25) is 0 Å². The molecule has 116 valence electrons. The van der Waals surface area contributed by atoms with E-state index in [-0.39, 0.29) is 11.6 Å². The van der Waals surface area contributed by atoms with Gasteiger partial charge in [-0.15, -0.1) is 0 Å². The third-order valence-electron chi connectivity index (χ3n) is 3.60. The van der Waals surface area contributed by atoms with Gasteiger partial charge in [-0.25, -0.2) is 0 Å². The van der Waals surface area contributed by atoms with Crippen molar-refractivity contribution in [2.45, 2.75) is 38.8 Å². The SMILES string of the molecule is COC(=O)CCCN1CC(C)(C)Oc2cc(CN)ccc21. The maximum absolute atomic E-state index is 11.2. The summed E-state index contributed by atoms with van der Waals surface area (Å²) in [5.74, 6) is 0.702. The highest BCUT2D eigenvalue weighted by atomic mass is 16.5. The van der Waals surface area contributed by atoms with Gasteiger partial charge < -0.3 is 20.1 Å². The quantitative estimate of drug-likeness (QED) is 0.842. The van der Waals surface area contributed by atoms with Gasteiger partial charge in [-0.05, 0) is 38.0 Å². The first-order valence-electron chi connectivity index (χ1n) is 7.29. The number of anilines is 1. The molecule has 0 amide bonds. The van der Waals surface area contributed by atoms with Crippen molar-refractivity contribution in [2.75, 3.05) is 25.1 Å². The van der Waals surface area contributed by atoms with Gasteiger partial charge in [0.05, 0.1) is 19.3 Å². The van der Waals surface area contributed by atoms with Crippen molar-refractivity contribution in [3.05, 3.63) is 23.8 Å². The van der Waals surface area contributed by atoms with Crippen LogP contribution in [0.3, 0.4) is 0 Å². The fourth-order valence-electron chi connectivity index (χ4n) is 2.62. The Morgan fingerprint density at radius 1 is 1.48 bits per heavy atom. The summed E-state index contributed by atoms with van der Waals surface area (Å²) in [5.41, 5.74) is 7.56. The molecule has 0 spiro atoms. The Labute approximate surface area is 126 Å². The Bertz CT molecular complexity index is 514. The summed E-state index contributed by atoms with van der Waals surface area (Å²) in [4.78, 5) is 13.5. The Balaban J connectivity index is 2.13. The van der Waals surface area contributed by atoms with Crippen LogP contribution in [0, 0.1) is 0 Å². The highest BCUT2D eigenvalue weighted by molar-refractivity contribution is 5.69. The molecule has 0 fully saturated rings. The third kappa shape index (κ3) is 3.88. The van der Waals surface area contributed by atoms with E-state index in [1.807, 2.05) is 18.2 Å². The van der Waals surface area contributed by atoms with Crippen LogP contribution in [0.4, 0.5) is 5.69 Å². The minimum absolute atomic E-state index is 0.166. The van der Waals surface area contributed by atoms with Gasteiger partial charge in [-0.3, -0.25) is 4.79 Å². The molecule has 0 aromatic heterocycles. The van der Waals surface area contributed by atoms with Crippen LogP contribution < -0.4 is 15.4 Å². The van der Waals surface area contributed by atoms with Crippen LogP contribution >= 0.6 is 0 Å². The molecule has 5 nitrogen and oxygen atoms in total. The summed E-state index contributed by atoms with van der Waals surface area (Å²) in [6, 6.07) is 6.07. The number of hydrogen-bond acceptors (Lipinski definition) is 5. The molecule has 0 atom stereocenters. The van der Waals surface area contributed by atoms with Crippen molar-refractivity contribution in [3.8, 4) is 5.75 Å². The fourth-order valence-corrected chi connectivity index (χ4v) is 2.62. The van der Waals surface area contributed by atoms with E-state index in [0.29, 0.717) is 13.0 Å². The zero-order chi connectivity index (χ0) is 15.5. The molecule has 0 unspecified atom stereocenters. The average molecular weight is 292 g/mol. The highest BCUT2D eigenvalue weighted by Gasteiger charge is 2.31. The van der Waals surface area contributed by atoms with E-state index in [2.05, 4.69) is 23.5 Å². The van der Waals surface area contributed by atoms with Crippen LogP contribution in [0.5, 0.6) is 5.75 Å². The van der Waals surface area contributed by atoms with E-state index in [9.17, 15) is 4.79 Å². The minimum atomic E-state index is -0.258. The molecule has 5 heteroatoms. The number of hydrogen-bond donors (Lipinski definition) is 1. The standard InChI is InChI=1S/C16H24N2O3/c1-16(2)11-18(8-4-5-15(19)20-3)13-7-6-12(10-17)9-14(13)21-16/h6-7,9H,4-5,8,10-11,17H2,1-3H3. The molecular formula is C16H24N2O3. The molecule has 1 heterocycles. The molecule has 1 aromatic rings. The smallest absolute Gasteiger partial charge is 0.305 e. The van der Waals surface area contributed by atoms with E-state index in [1.54, 1.807) is 0 Å². The molecule has 0 saturated carbocycles. The number of methoxy groups -OCH3 is 1. The van der Waals surface area contributed by atoms with Crippen molar-refractivity contribution in [3.63, 3.8) is 0 Å². The lowest BCUT2D eigenvalue weighted by molar-refractivity contribution is -0.140. The number of nitrogens with two attached hydrogens (primary N) is 1. The maximum atomic E-state index is 11.2. The second-order valence-electron chi connectivity index (χ2n) is 5.97. The van der Waals surface area contributed by atoms with Gasteiger partial charge in [-0.2, -0.15) is 0 Å². The van der Waals surface area contributed by atoms with Crippen molar-refractivity contribution in [2.24, 2.45) is 5.73 Å². The Hall–Kier alpha value is -1.75. The normalized spacial score (nSPS) is 16.1. The molecule has 1 aliphatic rings. The lowest BCUT2D eigenvalue weighted by Gasteiger charge is -2.41. The molecule has 0 bridgehead atoms. The highest BCUT2D eigenvalue weighted by Crippen LogP contribution is 2.37. The predicted molar refractivity (Wildman–Crippen MR) is 82.5 cm³/mol. The van der Waals surface area contributed by atoms with E-state index < -0.39 is 0 Å². The first kappa shape index (κ1) is 15.6. The van der Waals surface area contributed by atoms with Gasteiger partial charge in [0, 0.05) is 19.5 Å². The molecule has 1 aliphatic heterocycles. The summed E-state index contributed by atoms with van der Waals surface area (Å²) >= 11 is 0. The van der Waals surface area contributed by atoms with E-state index in [1.165, 1.54) is 7.11 Å². The van der Waals surface area contributed by atoms with Gasteiger partial charge in [0.25, 0.3) is 0 Å². The van der Waals surface area contributed by atoms with Gasteiger partial charge >= 0.3 is 5.97 Å². The molecule has 2 N–H and O–H groups in total. The Morgan fingerprint density at radius 3 is 2.90 bits per heavy atom. The monoisotopic (exact) mass is 292 g/mol. The summed E-state index contributed by atoms with van der Waals surface area (Å²) < 4.78 is 10.7. The number of rotatable bonds is 5. The Kier molecular flexibility index (Phi) is 4.73. The summed E-state index contributed by atoms with van der Waals surface area (Å²) in [5, 5.41) is 0. The molecule has 0 saturated heterocycles. The van der Waals surface area contributed by atoms with E-state index >= 15 is 0 Å². The van der Waals surface area contributed by atoms with Crippen LogP contribution in [0.15, 0.2) is 18.2 Å². The van der Waals surface area contributed by atoms with Gasteiger partial charge in [0.15, 0.2) is 0 Å². The lowest BCUT2D eigenvalue weighted by atomic mass is 10.0. The molecule has 1 aromatic carbocycles. The first-order chi connectivity index (χ1) is 9.95. The average Bonchev–Trinajstić information content (AvgIpc) is 2.45. The lowest BCUT2D eigenvalue weighted by Crippen LogP contribution is -2.47. The third-order valence-corrected chi connectivity index (χ3v) is 3.60. The van der Waals surface area contributed by atoms with E-state index in [0.717, 1.165) is 36.5 Å². The largest absolute Gasteiger partial charge is 0.484 e. The number of ether oxygens (including phenoxy) is 2. The number of carbonyl (C=O) groups excluding carboxylic acids is 1. The summed E-state index contributed by atoms with van der Waals surface area (Å²) in [7, 11) is 1.42. The van der Waals surface area contributed by atoms with Gasteiger partial charge in [-0.1, -0.05) is 6.07 Å². The van der Waals surface area contributed by atoms with Gasteiger partial charge in [0.1, 0.15) is 11.4 Å². The zero-order valence-corrected chi connectivity index (χ0v) is 13.0. The number of nitrogens with zero attached hydrogens (tertiary/aromatic N) is 1. The number of benzene rings is 1. The van der Waals surface area contributed by atoms with Gasteiger partial charge in [0.2, 0.25) is 0 Å². The van der Waals surface area contributed by atoms with Crippen LogP contribution in [-0.4, -0.2) is 31.8 Å². The number of carbonyl (C=O) groups is 1. The maximum Gasteiger partial charge on any atom is 0.305 e. The first-order valence-corrected chi connectivity index (χ1v) is 7.29. The molecule has 21 heavy (non-hydrogen) atoms.